The van der Waals surface area contributed by atoms with Crippen LogP contribution in [0.15, 0.2) is 30.5 Å². The summed E-state index contributed by atoms with van der Waals surface area (Å²) in [5, 5.41) is 14.8. The van der Waals surface area contributed by atoms with E-state index < -0.39 is 54.3 Å². The van der Waals surface area contributed by atoms with E-state index in [-0.39, 0.29) is 5.91 Å². The van der Waals surface area contributed by atoms with E-state index >= 15 is 0 Å². The summed E-state index contributed by atoms with van der Waals surface area (Å²) >= 11 is 0. The number of carbonyl (C=O) groups is 5. The molecule has 1 fully saturated rings. The number of nitrogens with one attached hydrogen (secondary N) is 3. The first kappa shape index (κ1) is 25.7. The number of para-hydroxylation sites is 1. The van der Waals surface area contributed by atoms with Crippen LogP contribution in [0.25, 0.3) is 10.9 Å². The maximum atomic E-state index is 13.1. The van der Waals surface area contributed by atoms with E-state index in [1.807, 2.05) is 30.5 Å². The number of aromatic nitrogens is 1. The molecule has 12 nitrogen and oxygen atoms in total. The van der Waals surface area contributed by atoms with Gasteiger partial charge in [0.15, 0.2) is 0 Å². The number of carbonyl (C=O) groups excluding carboxylic acids is 4. The van der Waals surface area contributed by atoms with Crippen LogP contribution in [-0.4, -0.2) is 75.3 Å². The van der Waals surface area contributed by atoms with Crippen molar-refractivity contribution >= 4 is 40.5 Å². The van der Waals surface area contributed by atoms with Gasteiger partial charge in [-0.3, -0.25) is 19.2 Å². The number of hydrogen-bond acceptors (Lipinski definition) is 6. The molecule has 0 spiro atoms. The van der Waals surface area contributed by atoms with Crippen LogP contribution in [0.1, 0.15) is 31.7 Å². The zero-order valence-corrected chi connectivity index (χ0v) is 19.3. The average Bonchev–Trinajstić information content (AvgIpc) is 3.45. The van der Waals surface area contributed by atoms with Crippen LogP contribution in [0, 0.1) is 0 Å². The highest BCUT2D eigenvalue weighted by Gasteiger charge is 2.37. The molecule has 0 radical (unpaired) electrons. The highest BCUT2D eigenvalue weighted by Crippen LogP contribution is 2.22. The molecule has 4 unspecified atom stereocenters. The summed E-state index contributed by atoms with van der Waals surface area (Å²) in [6.45, 7) is 1.74. The third-order valence-electron chi connectivity index (χ3n) is 6.04. The summed E-state index contributed by atoms with van der Waals surface area (Å²) in [5.74, 6) is -4.01. The summed E-state index contributed by atoms with van der Waals surface area (Å²) < 4.78 is 0. The van der Waals surface area contributed by atoms with Gasteiger partial charge in [-0.05, 0) is 37.8 Å². The largest absolute Gasteiger partial charge is 0.480 e. The van der Waals surface area contributed by atoms with Gasteiger partial charge in [0.1, 0.15) is 18.1 Å². The molecule has 4 amide bonds. The summed E-state index contributed by atoms with van der Waals surface area (Å²) in [4.78, 5) is 65.1. The molecule has 1 aliphatic rings. The Morgan fingerprint density at radius 2 is 1.91 bits per heavy atom. The number of aliphatic carboxylic acids is 1. The van der Waals surface area contributed by atoms with Gasteiger partial charge in [-0.2, -0.15) is 0 Å². The van der Waals surface area contributed by atoms with Gasteiger partial charge in [0.25, 0.3) is 0 Å². The van der Waals surface area contributed by atoms with Crippen LogP contribution in [0.5, 0.6) is 0 Å². The number of rotatable bonds is 10. The molecule has 1 aromatic carbocycles. The number of fused-ring (bicyclic) bond motifs is 1. The second-order valence-electron chi connectivity index (χ2n) is 8.66. The lowest BCUT2D eigenvalue weighted by Crippen LogP contribution is -2.56. The third-order valence-corrected chi connectivity index (χ3v) is 6.04. The van der Waals surface area contributed by atoms with E-state index in [2.05, 4.69) is 15.6 Å². The number of amides is 4. The zero-order valence-electron chi connectivity index (χ0n) is 19.3. The quantitative estimate of drug-likeness (QED) is 0.247. The molecule has 188 valence electrons. The summed E-state index contributed by atoms with van der Waals surface area (Å²) in [6.07, 6.45) is 2.54. The summed E-state index contributed by atoms with van der Waals surface area (Å²) in [5.41, 5.74) is 13.1. The molecule has 8 N–H and O–H groups in total. The Bertz CT molecular complexity index is 1130. The van der Waals surface area contributed by atoms with Gasteiger partial charge in [0, 0.05) is 23.6 Å². The SMILES string of the molecule is CC(NC(=O)C1CCCN1C(=O)C(N)Cc1c[nH]c2ccccc12)C(=O)NC(CC(N)=O)C(=O)O. The van der Waals surface area contributed by atoms with Gasteiger partial charge in [-0.15, -0.1) is 0 Å². The van der Waals surface area contributed by atoms with Crippen LogP contribution >= 0.6 is 0 Å². The Labute approximate surface area is 201 Å². The van der Waals surface area contributed by atoms with E-state index in [9.17, 15) is 24.0 Å². The first-order chi connectivity index (χ1) is 16.6. The molecule has 1 saturated heterocycles. The molecule has 1 aliphatic heterocycles. The van der Waals surface area contributed by atoms with Crippen molar-refractivity contribution in [1.82, 2.24) is 20.5 Å². The van der Waals surface area contributed by atoms with Gasteiger partial charge < -0.3 is 37.1 Å². The first-order valence-electron chi connectivity index (χ1n) is 11.3. The Hall–Kier alpha value is -3.93. The van der Waals surface area contributed by atoms with Crippen molar-refractivity contribution in [3.63, 3.8) is 0 Å². The molecule has 0 bridgehead atoms. The fourth-order valence-corrected chi connectivity index (χ4v) is 4.21. The van der Waals surface area contributed by atoms with Crippen LogP contribution in [0.3, 0.4) is 0 Å². The number of nitrogens with two attached hydrogens (primary N) is 2. The molecule has 0 saturated carbocycles. The number of benzene rings is 1. The fraction of sp³-hybridized carbons (Fsp3) is 0.435. The molecule has 0 aliphatic carbocycles. The van der Waals surface area contributed by atoms with E-state index in [0.717, 1.165) is 16.5 Å². The number of nitrogens with zero attached hydrogens (tertiary/aromatic N) is 1. The van der Waals surface area contributed by atoms with Crippen molar-refractivity contribution in [1.29, 1.82) is 0 Å². The molecule has 3 rings (SSSR count). The van der Waals surface area contributed by atoms with Crippen molar-refractivity contribution in [3.8, 4) is 0 Å². The van der Waals surface area contributed by atoms with Crippen molar-refractivity contribution in [2.75, 3.05) is 6.54 Å². The van der Waals surface area contributed by atoms with E-state index in [0.29, 0.717) is 25.8 Å². The second-order valence-corrected chi connectivity index (χ2v) is 8.66. The lowest BCUT2D eigenvalue weighted by molar-refractivity contribution is -0.144. The average molecular weight is 487 g/mol. The molecule has 1 aromatic heterocycles. The lowest BCUT2D eigenvalue weighted by atomic mass is 10.0. The lowest BCUT2D eigenvalue weighted by Gasteiger charge is -2.28. The molecule has 2 aromatic rings. The van der Waals surface area contributed by atoms with E-state index in [1.165, 1.54) is 11.8 Å². The number of carboxylic acid groups (broad SMARTS) is 1. The van der Waals surface area contributed by atoms with Crippen molar-refractivity contribution < 1.29 is 29.1 Å². The Morgan fingerprint density at radius 3 is 2.60 bits per heavy atom. The van der Waals surface area contributed by atoms with Gasteiger partial charge in [-0.25, -0.2) is 4.79 Å². The maximum absolute atomic E-state index is 13.1. The zero-order chi connectivity index (χ0) is 25.7. The topological polar surface area (TPSA) is 201 Å². The predicted molar refractivity (Wildman–Crippen MR) is 126 cm³/mol. The summed E-state index contributed by atoms with van der Waals surface area (Å²) in [7, 11) is 0. The number of hydrogen-bond donors (Lipinski definition) is 6. The van der Waals surface area contributed by atoms with Gasteiger partial charge in [0.05, 0.1) is 12.5 Å². The van der Waals surface area contributed by atoms with Gasteiger partial charge >= 0.3 is 5.97 Å². The van der Waals surface area contributed by atoms with Gasteiger partial charge in [-0.1, -0.05) is 18.2 Å². The Kier molecular flexibility index (Phi) is 8.07. The molecule has 4 atom stereocenters. The van der Waals surface area contributed by atoms with E-state index in [4.69, 9.17) is 16.6 Å². The Morgan fingerprint density at radius 1 is 1.20 bits per heavy atom. The maximum Gasteiger partial charge on any atom is 0.326 e. The predicted octanol–water partition coefficient (Wildman–Crippen LogP) is -1.02. The number of H-pyrrole nitrogens is 1. The fourth-order valence-electron chi connectivity index (χ4n) is 4.21. The highest BCUT2D eigenvalue weighted by molar-refractivity contribution is 5.95. The second kappa shape index (κ2) is 11.0. The highest BCUT2D eigenvalue weighted by atomic mass is 16.4. The molecular formula is C23H30N6O6. The smallest absolute Gasteiger partial charge is 0.326 e. The minimum atomic E-state index is -1.51. The molecular weight excluding hydrogens is 456 g/mol. The van der Waals surface area contributed by atoms with Crippen molar-refractivity contribution in [2.45, 2.75) is 56.8 Å². The first-order valence-corrected chi connectivity index (χ1v) is 11.3. The van der Waals surface area contributed by atoms with E-state index in [1.54, 1.807) is 0 Å². The third kappa shape index (κ3) is 6.15. The van der Waals surface area contributed by atoms with Crippen LogP contribution in [0.2, 0.25) is 0 Å². The summed E-state index contributed by atoms with van der Waals surface area (Å²) in [6, 6.07) is 3.41. The molecule has 35 heavy (non-hydrogen) atoms. The van der Waals surface area contributed by atoms with Crippen LogP contribution in [-0.2, 0) is 30.4 Å². The van der Waals surface area contributed by atoms with Crippen LogP contribution in [0.4, 0.5) is 0 Å². The number of carboxylic acids is 1. The normalized spacial score (nSPS) is 18.0. The number of aromatic amines is 1. The number of primary amides is 1. The van der Waals surface area contributed by atoms with Crippen LogP contribution < -0.4 is 22.1 Å². The minimum absolute atomic E-state index is 0.295. The van der Waals surface area contributed by atoms with Crippen molar-refractivity contribution in [3.05, 3.63) is 36.0 Å². The van der Waals surface area contributed by atoms with Crippen molar-refractivity contribution in [2.24, 2.45) is 11.5 Å². The monoisotopic (exact) mass is 486 g/mol. The Balaban J connectivity index is 1.60. The standard InChI is InChI=1S/C23H30N6O6/c1-12(20(31)28-17(23(34)35)10-19(25)30)27-21(32)18-7-4-8-29(18)22(33)15(24)9-13-11-26-16-6-3-2-5-14(13)16/h2-3,5-6,11-12,15,17-18,26H,4,7-10,24H2,1H3,(H2,25,30)(H,27,32)(H,28,31)(H,34,35). The molecule has 2 heterocycles. The minimum Gasteiger partial charge on any atom is -0.480 e. The number of likely N-dealkylation sites (tertiary alicyclic amines) is 1. The molecule has 12 heteroatoms. The van der Waals surface area contributed by atoms with Gasteiger partial charge in [0.2, 0.25) is 23.6 Å².